The van der Waals surface area contributed by atoms with Crippen molar-refractivity contribution < 1.29 is 0 Å². The summed E-state index contributed by atoms with van der Waals surface area (Å²) >= 11 is 3.71. The van der Waals surface area contributed by atoms with Crippen molar-refractivity contribution in [2.75, 3.05) is 25.1 Å². The normalized spacial score (nSPS) is 24.5. The van der Waals surface area contributed by atoms with Crippen molar-refractivity contribution in [1.82, 2.24) is 15.3 Å². The van der Waals surface area contributed by atoms with E-state index < -0.39 is 0 Å². The number of hydrogen-bond acceptors (Lipinski definition) is 6. The minimum Gasteiger partial charge on any atom is -0.300 e. The summed E-state index contributed by atoms with van der Waals surface area (Å²) in [4.78, 5) is 6.72. The van der Waals surface area contributed by atoms with Gasteiger partial charge in [-0.15, -0.1) is 11.3 Å². The van der Waals surface area contributed by atoms with E-state index in [1.807, 2.05) is 23.3 Å². The zero-order valence-corrected chi connectivity index (χ0v) is 11.1. The Morgan fingerprint density at radius 1 is 1.75 bits per heavy atom. The number of hydrazine groups is 1. The summed E-state index contributed by atoms with van der Waals surface area (Å²) in [6.07, 6.45) is 2.77. The van der Waals surface area contributed by atoms with E-state index in [9.17, 15) is 0 Å². The molecule has 0 radical (unpaired) electrons. The Kier molecular flexibility index (Phi) is 4.60. The SMILES string of the molecule is CN1CCSCC1C(Cc1nccs1)NN. The largest absolute Gasteiger partial charge is 0.300 e. The topological polar surface area (TPSA) is 54.2 Å². The molecule has 1 aliphatic rings. The Morgan fingerprint density at radius 2 is 2.62 bits per heavy atom. The van der Waals surface area contributed by atoms with Gasteiger partial charge < -0.3 is 4.90 Å². The maximum absolute atomic E-state index is 5.67. The monoisotopic (exact) mass is 258 g/mol. The molecule has 0 amide bonds. The molecule has 2 unspecified atom stereocenters. The lowest BCUT2D eigenvalue weighted by molar-refractivity contribution is 0.214. The molecule has 16 heavy (non-hydrogen) atoms. The van der Waals surface area contributed by atoms with Gasteiger partial charge in [-0.2, -0.15) is 11.8 Å². The molecular weight excluding hydrogens is 240 g/mol. The predicted octanol–water partition coefficient (Wildman–Crippen LogP) is 0.565. The maximum atomic E-state index is 5.67. The van der Waals surface area contributed by atoms with Crippen molar-refractivity contribution >= 4 is 23.1 Å². The molecule has 0 bridgehead atoms. The highest BCUT2D eigenvalue weighted by atomic mass is 32.2. The van der Waals surface area contributed by atoms with Gasteiger partial charge in [-0.25, -0.2) is 4.98 Å². The third-order valence-electron chi connectivity index (χ3n) is 3.00. The van der Waals surface area contributed by atoms with Crippen LogP contribution in [-0.2, 0) is 6.42 Å². The Hall–Kier alpha value is -0.140. The van der Waals surface area contributed by atoms with Crippen LogP contribution >= 0.6 is 23.1 Å². The zero-order valence-electron chi connectivity index (χ0n) is 9.43. The zero-order chi connectivity index (χ0) is 11.4. The molecule has 0 saturated carbocycles. The molecule has 0 aromatic carbocycles. The van der Waals surface area contributed by atoms with Gasteiger partial charge in [0.2, 0.25) is 0 Å². The summed E-state index contributed by atoms with van der Waals surface area (Å²) in [6.45, 7) is 1.14. The summed E-state index contributed by atoms with van der Waals surface area (Å²) in [6, 6.07) is 0.802. The molecule has 4 nitrogen and oxygen atoms in total. The van der Waals surface area contributed by atoms with Gasteiger partial charge in [0.25, 0.3) is 0 Å². The molecule has 6 heteroatoms. The molecule has 1 saturated heterocycles. The number of rotatable bonds is 4. The van der Waals surface area contributed by atoms with Crippen LogP contribution in [0.2, 0.25) is 0 Å². The molecular formula is C10H18N4S2. The lowest BCUT2D eigenvalue weighted by Crippen LogP contribution is -2.55. The van der Waals surface area contributed by atoms with Gasteiger partial charge in [0.05, 0.1) is 5.01 Å². The van der Waals surface area contributed by atoms with Crippen LogP contribution < -0.4 is 11.3 Å². The van der Waals surface area contributed by atoms with E-state index in [1.54, 1.807) is 11.3 Å². The number of hydrogen-bond donors (Lipinski definition) is 2. The number of thioether (sulfide) groups is 1. The van der Waals surface area contributed by atoms with Crippen LogP contribution in [0.25, 0.3) is 0 Å². The van der Waals surface area contributed by atoms with Gasteiger partial charge in [0.1, 0.15) is 0 Å². The van der Waals surface area contributed by atoms with Crippen LogP contribution in [0, 0.1) is 0 Å². The first-order valence-corrected chi connectivity index (χ1v) is 7.47. The second kappa shape index (κ2) is 5.97. The molecule has 90 valence electrons. The summed E-state index contributed by atoms with van der Waals surface area (Å²) in [5.41, 5.74) is 2.95. The smallest absolute Gasteiger partial charge is 0.0941 e. The summed E-state index contributed by atoms with van der Waals surface area (Å²) in [5.74, 6) is 8.05. The number of nitrogens with one attached hydrogen (secondary N) is 1. The molecule has 2 heterocycles. The minimum atomic E-state index is 0.295. The summed E-state index contributed by atoms with van der Waals surface area (Å²) < 4.78 is 0. The number of thiazole rings is 1. The van der Waals surface area contributed by atoms with Crippen LogP contribution in [0.15, 0.2) is 11.6 Å². The van der Waals surface area contributed by atoms with Crippen molar-refractivity contribution in [3.05, 3.63) is 16.6 Å². The molecule has 1 aliphatic heterocycles. The average molecular weight is 258 g/mol. The van der Waals surface area contributed by atoms with Gasteiger partial charge in [-0.1, -0.05) is 0 Å². The van der Waals surface area contributed by atoms with E-state index in [1.165, 1.54) is 5.75 Å². The highest BCUT2D eigenvalue weighted by Crippen LogP contribution is 2.19. The first-order chi connectivity index (χ1) is 7.81. The van der Waals surface area contributed by atoms with Gasteiger partial charge in [0.15, 0.2) is 0 Å². The van der Waals surface area contributed by atoms with Gasteiger partial charge >= 0.3 is 0 Å². The quantitative estimate of drug-likeness (QED) is 0.611. The number of nitrogens with zero attached hydrogens (tertiary/aromatic N) is 2. The van der Waals surface area contributed by atoms with Crippen molar-refractivity contribution in [2.45, 2.75) is 18.5 Å². The molecule has 1 aromatic rings. The fourth-order valence-corrected chi connectivity index (χ4v) is 3.97. The van der Waals surface area contributed by atoms with Gasteiger partial charge in [-0.05, 0) is 7.05 Å². The maximum Gasteiger partial charge on any atom is 0.0941 e. The second-order valence-electron chi connectivity index (χ2n) is 4.03. The molecule has 0 aliphatic carbocycles. The van der Waals surface area contributed by atoms with Crippen LogP contribution in [0.1, 0.15) is 5.01 Å². The van der Waals surface area contributed by atoms with Gasteiger partial charge in [0, 0.05) is 48.1 Å². The molecule has 2 atom stereocenters. The number of nitrogens with two attached hydrogens (primary N) is 1. The minimum absolute atomic E-state index is 0.295. The van der Waals surface area contributed by atoms with Crippen molar-refractivity contribution in [3.8, 4) is 0 Å². The average Bonchev–Trinajstić information content (AvgIpc) is 2.80. The number of aromatic nitrogens is 1. The third-order valence-corrected chi connectivity index (χ3v) is 4.85. The fourth-order valence-electron chi connectivity index (χ4n) is 1.98. The summed E-state index contributed by atoms with van der Waals surface area (Å²) in [7, 11) is 2.18. The van der Waals surface area contributed by atoms with E-state index in [-0.39, 0.29) is 0 Å². The molecule has 1 fully saturated rings. The summed E-state index contributed by atoms with van der Waals surface area (Å²) in [5, 5.41) is 3.18. The number of likely N-dealkylation sites (N-methyl/N-ethyl adjacent to an activating group) is 1. The predicted molar refractivity (Wildman–Crippen MR) is 70.7 cm³/mol. The standard InChI is InChI=1S/C10H18N4S2/c1-14-3-5-15-7-9(14)8(13-11)6-10-12-2-4-16-10/h2,4,8-9,13H,3,5-7,11H2,1H3. The molecule has 2 rings (SSSR count). The van der Waals surface area contributed by atoms with E-state index in [2.05, 4.69) is 22.4 Å². The van der Waals surface area contributed by atoms with Gasteiger partial charge in [-0.3, -0.25) is 11.3 Å². The Morgan fingerprint density at radius 3 is 3.25 bits per heavy atom. The van der Waals surface area contributed by atoms with E-state index >= 15 is 0 Å². The Labute approximate surface area is 105 Å². The van der Waals surface area contributed by atoms with Crippen LogP contribution in [-0.4, -0.2) is 47.1 Å². The van der Waals surface area contributed by atoms with E-state index in [0.29, 0.717) is 12.1 Å². The van der Waals surface area contributed by atoms with Crippen LogP contribution in [0.4, 0.5) is 0 Å². The van der Waals surface area contributed by atoms with Crippen LogP contribution in [0.5, 0.6) is 0 Å². The fraction of sp³-hybridized carbons (Fsp3) is 0.700. The molecule has 1 aromatic heterocycles. The lowest BCUT2D eigenvalue weighted by Gasteiger charge is -2.37. The van der Waals surface area contributed by atoms with Crippen molar-refractivity contribution in [3.63, 3.8) is 0 Å². The van der Waals surface area contributed by atoms with E-state index in [4.69, 9.17) is 5.84 Å². The molecule has 3 N–H and O–H groups in total. The Balaban J connectivity index is 1.98. The second-order valence-corrected chi connectivity index (χ2v) is 6.15. The van der Waals surface area contributed by atoms with E-state index in [0.717, 1.165) is 23.7 Å². The molecule has 0 spiro atoms. The van der Waals surface area contributed by atoms with Crippen molar-refractivity contribution in [2.24, 2.45) is 5.84 Å². The highest BCUT2D eigenvalue weighted by Gasteiger charge is 2.27. The first-order valence-electron chi connectivity index (χ1n) is 5.43. The third kappa shape index (κ3) is 2.95. The van der Waals surface area contributed by atoms with Crippen LogP contribution in [0.3, 0.4) is 0 Å². The highest BCUT2D eigenvalue weighted by molar-refractivity contribution is 7.99. The van der Waals surface area contributed by atoms with Crippen molar-refractivity contribution in [1.29, 1.82) is 0 Å². The Bertz CT molecular complexity index is 304. The lowest BCUT2D eigenvalue weighted by atomic mass is 10.1. The first kappa shape index (κ1) is 12.3.